The lowest BCUT2D eigenvalue weighted by Gasteiger charge is -2.20. The number of hydrogen-bond donors (Lipinski definition) is 1. The van der Waals surface area contributed by atoms with Gasteiger partial charge in [-0.25, -0.2) is 0 Å². The molecule has 1 unspecified atom stereocenters. The summed E-state index contributed by atoms with van der Waals surface area (Å²) < 4.78 is 36.3. The van der Waals surface area contributed by atoms with E-state index < -0.39 is 22.5 Å². The molecule has 0 aliphatic heterocycles. The lowest BCUT2D eigenvalue weighted by atomic mass is 9.99. The number of carbonyl (C=O) groups is 1. The summed E-state index contributed by atoms with van der Waals surface area (Å²) in [6.07, 6.45) is 3.63. The molecule has 0 saturated carbocycles. The van der Waals surface area contributed by atoms with Crippen molar-refractivity contribution in [1.29, 1.82) is 0 Å². The lowest BCUT2D eigenvalue weighted by Crippen LogP contribution is -2.32. The maximum atomic E-state index is 13.9. The number of nitrogens with zero attached hydrogens (tertiary/aromatic N) is 5. The van der Waals surface area contributed by atoms with Crippen molar-refractivity contribution in [2.75, 3.05) is 12.4 Å². The number of benzene rings is 2. The van der Waals surface area contributed by atoms with Crippen LogP contribution < -0.4 is 15.6 Å². The molecule has 212 valence electrons. The number of pyridine rings is 1. The molecule has 5 aromatic rings. The second kappa shape index (κ2) is 11.0. The van der Waals surface area contributed by atoms with Gasteiger partial charge >= 0.3 is 0 Å². The fraction of sp³-hybridized carbons (Fsp3) is 0.250. The number of halogens is 3. The van der Waals surface area contributed by atoms with E-state index in [2.05, 4.69) is 20.6 Å². The molecule has 3 heterocycles. The van der Waals surface area contributed by atoms with E-state index in [9.17, 15) is 18.4 Å². The van der Waals surface area contributed by atoms with Gasteiger partial charge in [0.1, 0.15) is 16.8 Å². The Kier molecular flexibility index (Phi) is 7.62. The van der Waals surface area contributed by atoms with Crippen molar-refractivity contribution in [2.45, 2.75) is 32.2 Å². The molecule has 0 radical (unpaired) electrons. The lowest BCUT2D eigenvalue weighted by molar-refractivity contribution is -0.119. The van der Waals surface area contributed by atoms with Crippen molar-refractivity contribution in [2.24, 2.45) is 7.05 Å². The van der Waals surface area contributed by atoms with Gasteiger partial charge in [0.05, 0.1) is 18.8 Å². The third kappa shape index (κ3) is 5.70. The molecule has 1 atom stereocenters. The van der Waals surface area contributed by atoms with Crippen molar-refractivity contribution >= 4 is 45.4 Å². The molecule has 1 amide bonds. The largest absolute Gasteiger partial charge is 0.495 e. The van der Waals surface area contributed by atoms with Crippen molar-refractivity contribution in [3.8, 4) is 27.4 Å². The van der Waals surface area contributed by atoms with E-state index in [1.165, 1.54) is 23.9 Å². The molecule has 0 spiro atoms. The minimum Gasteiger partial charge on any atom is -0.495 e. The van der Waals surface area contributed by atoms with Crippen molar-refractivity contribution < 1.29 is 18.3 Å². The molecule has 9 nitrogen and oxygen atoms in total. The van der Waals surface area contributed by atoms with Gasteiger partial charge in [-0.1, -0.05) is 29.9 Å². The van der Waals surface area contributed by atoms with Gasteiger partial charge in [0.15, 0.2) is 5.01 Å². The normalized spacial score (nSPS) is 12.5. The Balaban J connectivity index is 1.52. The van der Waals surface area contributed by atoms with Crippen LogP contribution >= 0.6 is 22.9 Å². The highest BCUT2D eigenvalue weighted by Crippen LogP contribution is 2.41. The Bertz CT molecular complexity index is 1830. The molecule has 0 aliphatic carbocycles. The first-order valence-electron chi connectivity index (χ1n) is 12.5. The molecule has 0 bridgehead atoms. The highest BCUT2D eigenvalue weighted by atomic mass is 35.5. The van der Waals surface area contributed by atoms with Crippen LogP contribution in [-0.4, -0.2) is 37.6 Å². The monoisotopic (exact) mass is 598 g/mol. The Hall–Kier alpha value is -4.16. The van der Waals surface area contributed by atoms with Gasteiger partial charge in [0.25, 0.3) is 11.5 Å². The first-order chi connectivity index (χ1) is 19.5. The zero-order valence-corrected chi connectivity index (χ0v) is 24.1. The molecule has 0 aliphatic rings. The summed E-state index contributed by atoms with van der Waals surface area (Å²) in [5, 5.41) is 15.8. The number of hydrogen-bond acceptors (Lipinski definition) is 7. The summed E-state index contributed by atoms with van der Waals surface area (Å²) in [5.74, 6) is -3.25. The predicted molar refractivity (Wildman–Crippen MR) is 155 cm³/mol. The third-order valence-electron chi connectivity index (χ3n) is 6.48. The molecular weight excluding hydrogens is 574 g/mol. The van der Waals surface area contributed by atoms with Crippen LogP contribution in [0.3, 0.4) is 0 Å². The molecule has 0 saturated heterocycles. The summed E-state index contributed by atoms with van der Waals surface area (Å²) in [5.41, 5.74) is 2.17. The van der Waals surface area contributed by atoms with Crippen LogP contribution in [0.1, 0.15) is 31.3 Å². The number of aryl methyl sites for hydroxylation is 1. The van der Waals surface area contributed by atoms with E-state index in [1.807, 2.05) is 19.3 Å². The van der Waals surface area contributed by atoms with E-state index in [4.69, 9.17) is 16.3 Å². The van der Waals surface area contributed by atoms with Gasteiger partial charge in [-0.05, 0) is 48.4 Å². The highest BCUT2D eigenvalue weighted by molar-refractivity contribution is 7.14. The third-order valence-corrected chi connectivity index (χ3v) is 7.84. The maximum absolute atomic E-state index is 13.9. The molecular formula is C28H25ClF2N6O3S. The molecule has 0 fully saturated rings. The minimum atomic E-state index is -3.15. The van der Waals surface area contributed by atoms with Gasteiger partial charge in [-0.2, -0.15) is 13.9 Å². The number of carbonyl (C=O) groups excluding carboxylic acids is 1. The maximum Gasteiger partial charge on any atom is 0.298 e. The predicted octanol–water partition coefficient (Wildman–Crippen LogP) is 6.28. The molecule has 5 rings (SSSR count). The zero-order valence-electron chi connectivity index (χ0n) is 22.5. The van der Waals surface area contributed by atoms with E-state index >= 15 is 0 Å². The molecule has 41 heavy (non-hydrogen) atoms. The second-order valence-corrected chi connectivity index (χ2v) is 10.9. The zero-order chi connectivity index (χ0) is 29.5. The number of aromatic nitrogens is 5. The van der Waals surface area contributed by atoms with Crippen molar-refractivity contribution in [3.05, 3.63) is 75.2 Å². The number of anilines is 1. The first-order valence-corrected chi connectivity index (χ1v) is 13.7. The van der Waals surface area contributed by atoms with E-state index in [-0.39, 0.29) is 16.7 Å². The molecule has 3 aromatic heterocycles. The number of alkyl halides is 2. The number of rotatable bonds is 8. The van der Waals surface area contributed by atoms with Crippen molar-refractivity contribution in [3.63, 3.8) is 0 Å². The van der Waals surface area contributed by atoms with Gasteiger partial charge in [0, 0.05) is 53.5 Å². The number of methoxy groups -OCH3 is 1. The standard InChI is InChI=1S/C28H25ClF2N6O3S/c1-5-22(25(39)32-17-7-9-21-15(10-17)13-36(3)35-21)37-14-23(40-4)20(12-24(37)38)19-11-16(29)6-8-18(19)26-33-34-27(41-26)28(2,30)31/h6-14,22H,5H2,1-4H3,(H,32,39). The fourth-order valence-corrected chi connectivity index (χ4v) is 5.53. The Morgan fingerprint density at radius 1 is 1.12 bits per heavy atom. The SMILES string of the molecule is CCC(C(=O)Nc1ccc2nn(C)cc2c1)n1cc(OC)c(-c2cc(Cl)ccc2-c2nnc(C(C)(F)F)s2)cc1=O. The average molecular weight is 599 g/mol. The van der Waals surface area contributed by atoms with Crippen molar-refractivity contribution in [1.82, 2.24) is 24.5 Å². The summed E-state index contributed by atoms with van der Waals surface area (Å²) >= 11 is 7.04. The van der Waals surface area contributed by atoms with Gasteiger partial charge in [-0.15, -0.1) is 10.2 Å². The highest BCUT2D eigenvalue weighted by Gasteiger charge is 2.30. The van der Waals surface area contributed by atoms with Crippen LogP contribution in [0.25, 0.3) is 32.6 Å². The first kappa shape index (κ1) is 28.4. The summed E-state index contributed by atoms with van der Waals surface area (Å²) in [7, 11) is 3.25. The van der Waals surface area contributed by atoms with Gasteiger partial charge < -0.3 is 10.1 Å². The topological polar surface area (TPSA) is 104 Å². The van der Waals surface area contributed by atoms with E-state index in [1.54, 1.807) is 41.9 Å². The smallest absolute Gasteiger partial charge is 0.298 e. The number of amides is 1. The van der Waals surface area contributed by atoms with Crippen LogP contribution in [0.15, 0.2) is 59.7 Å². The number of ether oxygens (including phenoxy) is 1. The molecule has 1 N–H and O–H groups in total. The van der Waals surface area contributed by atoms with Crippen LogP contribution in [0, 0.1) is 0 Å². The number of nitrogens with one attached hydrogen (secondary N) is 1. The van der Waals surface area contributed by atoms with Crippen LogP contribution in [-0.2, 0) is 17.8 Å². The second-order valence-electron chi connectivity index (χ2n) is 9.48. The summed E-state index contributed by atoms with van der Waals surface area (Å²) in [4.78, 5) is 26.8. The fourth-order valence-electron chi connectivity index (χ4n) is 4.54. The van der Waals surface area contributed by atoms with Gasteiger partial charge in [0.2, 0.25) is 5.91 Å². The molecule has 2 aromatic carbocycles. The van der Waals surface area contributed by atoms with E-state index in [0.29, 0.717) is 33.8 Å². The summed E-state index contributed by atoms with van der Waals surface area (Å²) in [6, 6.07) is 10.7. The Labute approximate surface area is 242 Å². The van der Waals surface area contributed by atoms with Gasteiger partial charge in [-0.3, -0.25) is 18.8 Å². The minimum absolute atomic E-state index is 0.232. The molecule has 13 heteroatoms. The van der Waals surface area contributed by atoms with Crippen LogP contribution in [0.2, 0.25) is 5.02 Å². The van der Waals surface area contributed by atoms with Crippen LogP contribution in [0.4, 0.5) is 14.5 Å². The Morgan fingerprint density at radius 2 is 1.90 bits per heavy atom. The Morgan fingerprint density at radius 3 is 2.59 bits per heavy atom. The summed E-state index contributed by atoms with van der Waals surface area (Å²) in [6.45, 7) is 2.55. The quantitative estimate of drug-likeness (QED) is 0.225. The number of fused-ring (bicyclic) bond motifs is 1. The average Bonchev–Trinajstić information content (AvgIpc) is 3.56. The van der Waals surface area contributed by atoms with E-state index in [0.717, 1.165) is 29.2 Å². The van der Waals surface area contributed by atoms with Crippen LogP contribution in [0.5, 0.6) is 5.75 Å².